The van der Waals surface area contributed by atoms with Crippen molar-refractivity contribution < 1.29 is 9.53 Å². The summed E-state index contributed by atoms with van der Waals surface area (Å²) in [4.78, 5) is 13.0. The largest absolute Gasteiger partial charge is 0.478 e. The predicted molar refractivity (Wildman–Crippen MR) is 104 cm³/mol. The van der Waals surface area contributed by atoms with Crippen LogP contribution in [0, 0.1) is 23.2 Å². The van der Waals surface area contributed by atoms with Gasteiger partial charge in [0.15, 0.2) is 5.60 Å². The molecule has 0 saturated heterocycles. The molecule has 0 unspecified atom stereocenters. The lowest BCUT2D eigenvalue weighted by atomic mass is 9.48. The molecule has 0 radical (unpaired) electrons. The SMILES string of the molecule is C[C@@H](NC(=O)C(C)(C)Oc1ccc(Cl)cc1)C12CC3CC(CC(C3)C1)C2. The summed E-state index contributed by atoms with van der Waals surface area (Å²) < 4.78 is 5.97. The first kappa shape index (κ1) is 18.2. The van der Waals surface area contributed by atoms with Crippen molar-refractivity contribution in [1.82, 2.24) is 5.32 Å². The van der Waals surface area contributed by atoms with E-state index in [4.69, 9.17) is 16.3 Å². The Balaban J connectivity index is 1.42. The zero-order chi connectivity index (χ0) is 18.5. The molecule has 4 saturated carbocycles. The van der Waals surface area contributed by atoms with Crippen LogP contribution >= 0.6 is 11.6 Å². The van der Waals surface area contributed by atoms with Gasteiger partial charge in [-0.05, 0) is 107 Å². The van der Waals surface area contributed by atoms with E-state index in [1.807, 2.05) is 13.8 Å². The molecule has 4 aliphatic carbocycles. The van der Waals surface area contributed by atoms with Crippen LogP contribution in [-0.4, -0.2) is 17.6 Å². The number of rotatable bonds is 5. The Morgan fingerprint density at radius 3 is 2.12 bits per heavy atom. The second-order valence-electron chi connectivity index (χ2n) is 9.54. The lowest BCUT2D eigenvalue weighted by molar-refractivity contribution is -0.138. The van der Waals surface area contributed by atoms with Gasteiger partial charge in [0, 0.05) is 11.1 Å². The quantitative estimate of drug-likeness (QED) is 0.766. The van der Waals surface area contributed by atoms with Gasteiger partial charge < -0.3 is 10.1 Å². The van der Waals surface area contributed by atoms with Crippen LogP contribution in [-0.2, 0) is 4.79 Å². The maximum absolute atomic E-state index is 13.0. The van der Waals surface area contributed by atoms with Crippen molar-refractivity contribution >= 4 is 17.5 Å². The van der Waals surface area contributed by atoms with Crippen LogP contribution in [0.2, 0.25) is 5.02 Å². The Kier molecular flexibility index (Phi) is 4.50. The minimum atomic E-state index is -0.912. The minimum absolute atomic E-state index is 0.0318. The molecule has 142 valence electrons. The van der Waals surface area contributed by atoms with Crippen molar-refractivity contribution in [3.05, 3.63) is 29.3 Å². The number of hydrogen-bond acceptors (Lipinski definition) is 2. The number of halogens is 1. The number of hydrogen-bond donors (Lipinski definition) is 1. The van der Waals surface area contributed by atoms with Crippen molar-refractivity contribution in [1.29, 1.82) is 0 Å². The summed E-state index contributed by atoms with van der Waals surface area (Å²) in [6.07, 6.45) is 8.14. The Labute approximate surface area is 161 Å². The maximum atomic E-state index is 13.0. The molecule has 0 heterocycles. The smallest absolute Gasteiger partial charge is 0.263 e. The zero-order valence-corrected chi connectivity index (χ0v) is 16.8. The molecule has 4 bridgehead atoms. The average Bonchev–Trinajstić information content (AvgIpc) is 2.55. The van der Waals surface area contributed by atoms with E-state index in [2.05, 4.69) is 12.2 Å². The van der Waals surface area contributed by atoms with Crippen LogP contribution in [0.1, 0.15) is 59.3 Å². The molecule has 4 fully saturated rings. The van der Waals surface area contributed by atoms with Gasteiger partial charge in [0.05, 0.1) is 0 Å². The van der Waals surface area contributed by atoms with Crippen LogP contribution in [0.4, 0.5) is 0 Å². The van der Waals surface area contributed by atoms with Crippen LogP contribution in [0.5, 0.6) is 5.75 Å². The summed E-state index contributed by atoms with van der Waals surface area (Å²) in [7, 11) is 0. The van der Waals surface area contributed by atoms with Crippen LogP contribution in [0.15, 0.2) is 24.3 Å². The van der Waals surface area contributed by atoms with E-state index in [9.17, 15) is 4.79 Å². The molecule has 4 aliphatic rings. The normalized spacial score (nSPS) is 33.8. The van der Waals surface area contributed by atoms with Crippen LogP contribution < -0.4 is 10.1 Å². The third-order valence-electron chi connectivity index (χ3n) is 7.09. The summed E-state index contributed by atoms with van der Waals surface area (Å²) >= 11 is 5.93. The number of carbonyl (C=O) groups is 1. The van der Waals surface area contributed by atoms with Gasteiger partial charge in [-0.15, -0.1) is 0 Å². The van der Waals surface area contributed by atoms with E-state index in [0.29, 0.717) is 16.2 Å². The average molecular weight is 376 g/mol. The van der Waals surface area contributed by atoms with Gasteiger partial charge in [0.25, 0.3) is 5.91 Å². The molecule has 1 amide bonds. The van der Waals surface area contributed by atoms with E-state index in [1.54, 1.807) is 24.3 Å². The van der Waals surface area contributed by atoms with Gasteiger partial charge in [0.1, 0.15) is 5.75 Å². The topological polar surface area (TPSA) is 38.3 Å². The summed E-state index contributed by atoms with van der Waals surface area (Å²) in [5, 5.41) is 3.98. The highest BCUT2D eigenvalue weighted by molar-refractivity contribution is 6.30. The maximum Gasteiger partial charge on any atom is 0.263 e. The molecular weight excluding hydrogens is 346 g/mol. The lowest BCUT2D eigenvalue weighted by Crippen LogP contribution is -2.59. The Bertz CT molecular complexity index is 647. The van der Waals surface area contributed by atoms with Crippen LogP contribution in [0.3, 0.4) is 0 Å². The van der Waals surface area contributed by atoms with Crippen molar-refractivity contribution in [3.8, 4) is 5.75 Å². The van der Waals surface area contributed by atoms with Gasteiger partial charge in [-0.2, -0.15) is 0 Å². The molecule has 1 aromatic carbocycles. The summed E-state index contributed by atoms with van der Waals surface area (Å²) in [5.74, 6) is 3.30. The van der Waals surface area contributed by atoms with Crippen molar-refractivity contribution in [2.24, 2.45) is 23.2 Å². The number of benzene rings is 1. The van der Waals surface area contributed by atoms with Crippen LogP contribution in [0.25, 0.3) is 0 Å². The summed E-state index contributed by atoms with van der Waals surface area (Å²) in [5.41, 5.74) is -0.606. The molecular formula is C22H30ClNO2. The van der Waals surface area contributed by atoms with E-state index in [0.717, 1.165) is 17.8 Å². The van der Waals surface area contributed by atoms with Gasteiger partial charge in [0.2, 0.25) is 0 Å². The second kappa shape index (κ2) is 6.44. The van der Waals surface area contributed by atoms with E-state index in [-0.39, 0.29) is 11.9 Å². The molecule has 26 heavy (non-hydrogen) atoms. The standard InChI is InChI=1S/C22H30ClNO2/c1-14(22-11-15-8-16(12-22)10-17(9-15)13-22)24-20(25)21(2,3)26-19-6-4-18(23)5-7-19/h4-7,14-17H,8-13H2,1-3H3,(H,24,25)/t14-,15?,16?,17?,22?/m1/s1. The highest BCUT2D eigenvalue weighted by atomic mass is 35.5. The number of amides is 1. The molecule has 1 aromatic rings. The summed E-state index contributed by atoms with van der Waals surface area (Å²) in [6.45, 7) is 5.89. The number of nitrogens with one attached hydrogen (secondary N) is 1. The first-order chi connectivity index (χ1) is 12.3. The van der Waals surface area contributed by atoms with Gasteiger partial charge >= 0.3 is 0 Å². The zero-order valence-electron chi connectivity index (χ0n) is 16.1. The molecule has 0 aliphatic heterocycles. The van der Waals surface area contributed by atoms with Gasteiger partial charge in [-0.1, -0.05) is 11.6 Å². The second-order valence-corrected chi connectivity index (χ2v) is 9.98. The first-order valence-electron chi connectivity index (χ1n) is 10.0. The third-order valence-corrected chi connectivity index (χ3v) is 7.34. The first-order valence-corrected chi connectivity index (χ1v) is 10.4. The fourth-order valence-electron chi connectivity index (χ4n) is 6.08. The minimum Gasteiger partial charge on any atom is -0.478 e. The van der Waals surface area contributed by atoms with Crippen molar-refractivity contribution in [3.63, 3.8) is 0 Å². The number of carbonyl (C=O) groups excluding carboxylic acids is 1. The Morgan fingerprint density at radius 2 is 1.62 bits per heavy atom. The molecule has 0 spiro atoms. The highest BCUT2D eigenvalue weighted by Crippen LogP contribution is 2.61. The highest BCUT2D eigenvalue weighted by Gasteiger charge is 2.53. The van der Waals surface area contributed by atoms with E-state index >= 15 is 0 Å². The predicted octanol–water partition coefficient (Wildman–Crippen LogP) is 5.22. The number of ether oxygens (including phenoxy) is 1. The molecule has 3 nitrogen and oxygen atoms in total. The summed E-state index contributed by atoms with van der Waals surface area (Å²) in [6, 6.07) is 7.38. The Hall–Kier alpha value is -1.22. The molecule has 5 rings (SSSR count). The lowest BCUT2D eigenvalue weighted by Gasteiger charge is -2.59. The van der Waals surface area contributed by atoms with Gasteiger partial charge in [-0.25, -0.2) is 0 Å². The molecule has 1 atom stereocenters. The van der Waals surface area contributed by atoms with Crippen molar-refractivity contribution in [2.45, 2.75) is 70.9 Å². The molecule has 0 aromatic heterocycles. The van der Waals surface area contributed by atoms with Gasteiger partial charge in [-0.3, -0.25) is 4.79 Å². The van der Waals surface area contributed by atoms with E-state index < -0.39 is 5.60 Å². The van der Waals surface area contributed by atoms with E-state index in [1.165, 1.54) is 38.5 Å². The fraction of sp³-hybridized carbons (Fsp3) is 0.682. The van der Waals surface area contributed by atoms with Crippen molar-refractivity contribution in [2.75, 3.05) is 0 Å². The fourth-order valence-corrected chi connectivity index (χ4v) is 6.20. The third kappa shape index (κ3) is 3.35. The molecule has 4 heteroatoms. The molecule has 1 N–H and O–H groups in total. The Morgan fingerprint density at radius 1 is 1.12 bits per heavy atom. The monoisotopic (exact) mass is 375 g/mol.